The number of unbranched alkanes of at least 4 members (excludes halogenated alkanes) is 5. The Bertz CT molecular complexity index is 635. The van der Waals surface area contributed by atoms with E-state index in [1.54, 1.807) is 6.20 Å². The molecule has 1 aromatic carbocycles. The summed E-state index contributed by atoms with van der Waals surface area (Å²) in [5.74, 6) is 0.713. The molecule has 1 N–H and O–H groups in total. The van der Waals surface area contributed by atoms with Crippen LogP contribution in [0.1, 0.15) is 66.9 Å². The Morgan fingerprint density at radius 2 is 1.71 bits per heavy atom. The third-order valence-electron chi connectivity index (χ3n) is 4.19. The van der Waals surface area contributed by atoms with Crippen molar-refractivity contribution >= 4 is 11.6 Å². The molecule has 0 radical (unpaired) electrons. The topological polar surface area (TPSA) is 42.0 Å². The maximum Gasteiger partial charge on any atom is 0.196 e. The molecule has 0 fully saturated rings. The van der Waals surface area contributed by atoms with Crippen LogP contribution in [-0.4, -0.2) is 17.3 Å². The van der Waals surface area contributed by atoms with Crippen LogP contribution >= 0.6 is 0 Å². The Labute approximate surface area is 145 Å². The average molecular weight is 324 g/mol. The minimum Gasteiger partial charge on any atom is -0.369 e. The highest BCUT2D eigenvalue weighted by atomic mass is 16.1. The molecule has 0 amide bonds. The van der Waals surface area contributed by atoms with Crippen molar-refractivity contribution in [3.05, 3.63) is 59.3 Å². The number of anilines is 1. The smallest absolute Gasteiger partial charge is 0.196 e. The van der Waals surface area contributed by atoms with Crippen molar-refractivity contribution in [2.24, 2.45) is 0 Å². The number of nitrogens with zero attached hydrogens (tertiary/aromatic N) is 1. The summed E-state index contributed by atoms with van der Waals surface area (Å²) in [7, 11) is 0. The van der Waals surface area contributed by atoms with Crippen LogP contribution in [0.4, 0.5) is 5.82 Å². The molecule has 24 heavy (non-hydrogen) atoms. The molecule has 0 aliphatic rings. The molecular weight excluding hydrogens is 296 g/mol. The second-order valence-corrected chi connectivity index (χ2v) is 6.29. The van der Waals surface area contributed by atoms with Crippen molar-refractivity contribution in [2.45, 2.75) is 52.4 Å². The second-order valence-electron chi connectivity index (χ2n) is 6.29. The van der Waals surface area contributed by atoms with Gasteiger partial charge in [-0.3, -0.25) is 4.79 Å². The molecule has 2 rings (SSSR count). The Morgan fingerprint density at radius 3 is 2.46 bits per heavy atom. The summed E-state index contributed by atoms with van der Waals surface area (Å²) in [4.78, 5) is 17.1. The number of carbonyl (C=O) groups is 1. The first-order valence-electron chi connectivity index (χ1n) is 9.02. The van der Waals surface area contributed by atoms with Crippen LogP contribution < -0.4 is 5.32 Å². The monoisotopic (exact) mass is 324 g/mol. The minimum absolute atomic E-state index is 0.0218. The molecule has 128 valence electrons. The number of aromatic nitrogens is 1. The van der Waals surface area contributed by atoms with Gasteiger partial charge in [-0.1, -0.05) is 68.9 Å². The fraction of sp³-hybridized carbons (Fsp3) is 0.429. The van der Waals surface area contributed by atoms with Gasteiger partial charge in [0.05, 0.1) is 5.56 Å². The highest BCUT2D eigenvalue weighted by Gasteiger charge is 2.13. The lowest BCUT2D eigenvalue weighted by atomic mass is 10.0. The predicted molar refractivity (Wildman–Crippen MR) is 101 cm³/mol. The number of carbonyl (C=O) groups excluding carboxylic acids is 1. The van der Waals surface area contributed by atoms with Crippen molar-refractivity contribution in [1.82, 2.24) is 4.98 Å². The maximum absolute atomic E-state index is 12.7. The van der Waals surface area contributed by atoms with E-state index in [9.17, 15) is 4.79 Å². The number of aryl methyl sites for hydroxylation is 1. The van der Waals surface area contributed by atoms with Crippen molar-refractivity contribution in [3.8, 4) is 0 Å². The summed E-state index contributed by atoms with van der Waals surface area (Å²) < 4.78 is 0. The van der Waals surface area contributed by atoms with Gasteiger partial charge >= 0.3 is 0 Å². The first-order chi connectivity index (χ1) is 11.7. The van der Waals surface area contributed by atoms with Crippen molar-refractivity contribution in [3.63, 3.8) is 0 Å². The van der Waals surface area contributed by atoms with Crippen molar-refractivity contribution in [2.75, 3.05) is 11.9 Å². The molecule has 3 nitrogen and oxygen atoms in total. The zero-order valence-electron chi connectivity index (χ0n) is 14.8. The van der Waals surface area contributed by atoms with E-state index in [4.69, 9.17) is 0 Å². The minimum atomic E-state index is 0.0218. The molecule has 0 saturated heterocycles. The zero-order valence-corrected chi connectivity index (χ0v) is 14.8. The van der Waals surface area contributed by atoms with E-state index in [0.717, 1.165) is 18.5 Å². The molecule has 3 heteroatoms. The highest BCUT2D eigenvalue weighted by molar-refractivity contribution is 6.11. The first-order valence-corrected chi connectivity index (χ1v) is 9.02. The summed E-state index contributed by atoms with van der Waals surface area (Å²) in [5, 5.41) is 3.33. The van der Waals surface area contributed by atoms with Crippen LogP contribution in [0.2, 0.25) is 0 Å². The number of hydrogen-bond donors (Lipinski definition) is 1. The van der Waals surface area contributed by atoms with Gasteiger partial charge in [0.15, 0.2) is 5.78 Å². The van der Waals surface area contributed by atoms with Gasteiger partial charge < -0.3 is 5.32 Å². The lowest BCUT2D eigenvalue weighted by Crippen LogP contribution is -2.10. The largest absolute Gasteiger partial charge is 0.369 e. The summed E-state index contributed by atoms with van der Waals surface area (Å²) >= 11 is 0. The van der Waals surface area contributed by atoms with E-state index in [2.05, 4.69) is 17.2 Å². The van der Waals surface area contributed by atoms with E-state index in [1.807, 2.05) is 43.3 Å². The predicted octanol–water partition coefficient (Wildman–Crippen LogP) is 5.39. The quantitative estimate of drug-likeness (QED) is 0.470. The molecule has 2 aromatic rings. The van der Waals surface area contributed by atoms with Crippen LogP contribution in [0.15, 0.2) is 42.6 Å². The summed E-state index contributed by atoms with van der Waals surface area (Å²) in [6.07, 6.45) is 9.26. The van der Waals surface area contributed by atoms with E-state index in [0.29, 0.717) is 16.9 Å². The summed E-state index contributed by atoms with van der Waals surface area (Å²) in [6, 6.07) is 11.3. The fourth-order valence-electron chi connectivity index (χ4n) is 2.70. The Kier molecular flexibility index (Phi) is 7.47. The molecule has 0 aliphatic heterocycles. The van der Waals surface area contributed by atoms with Gasteiger partial charge in [-0.25, -0.2) is 4.98 Å². The van der Waals surface area contributed by atoms with Gasteiger partial charge in [-0.2, -0.15) is 0 Å². The number of ketones is 1. The lowest BCUT2D eigenvalue weighted by Gasteiger charge is -2.10. The molecule has 1 heterocycles. The Balaban J connectivity index is 1.92. The lowest BCUT2D eigenvalue weighted by molar-refractivity contribution is 0.103. The normalized spacial score (nSPS) is 10.6. The fourth-order valence-corrected chi connectivity index (χ4v) is 2.70. The molecule has 0 atom stereocenters. The average Bonchev–Trinajstić information content (AvgIpc) is 2.61. The van der Waals surface area contributed by atoms with Crippen LogP contribution in [0.3, 0.4) is 0 Å². The number of rotatable bonds is 10. The van der Waals surface area contributed by atoms with E-state index >= 15 is 0 Å². The number of pyridine rings is 1. The van der Waals surface area contributed by atoms with Gasteiger partial charge in [0.2, 0.25) is 0 Å². The van der Waals surface area contributed by atoms with Crippen LogP contribution in [0.5, 0.6) is 0 Å². The standard InChI is InChI=1S/C21H28N2O/c1-3-4-5-6-7-8-15-22-21-19(10-9-16-23-21)20(24)18-13-11-17(2)12-14-18/h9-14,16H,3-8,15H2,1-2H3,(H,22,23). The summed E-state index contributed by atoms with van der Waals surface area (Å²) in [6.45, 7) is 5.11. The van der Waals surface area contributed by atoms with Gasteiger partial charge in [-0.05, 0) is 25.5 Å². The zero-order chi connectivity index (χ0) is 17.2. The second kappa shape index (κ2) is 9.86. The van der Waals surface area contributed by atoms with Gasteiger partial charge in [0.1, 0.15) is 5.82 Å². The number of nitrogens with one attached hydrogen (secondary N) is 1. The van der Waals surface area contributed by atoms with E-state index in [1.165, 1.54) is 32.1 Å². The highest BCUT2D eigenvalue weighted by Crippen LogP contribution is 2.17. The van der Waals surface area contributed by atoms with E-state index < -0.39 is 0 Å². The van der Waals surface area contributed by atoms with Crippen LogP contribution in [-0.2, 0) is 0 Å². The van der Waals surface area contributed by atoms with Gasteiger partial charge in [0.25, 0.3) is 0 Å². The number of benzene rings is 1. The molecule has 0 bridgehead atoms. The van der Waals surface area contributed by atoms with Crippen molar-refractivity contribution < 1.29 is 4.79 Å². The SMILES string of the molecule is CCCCCCCCNc1ncccc1C(=O)c1ccc(C)cc1. The molecule has 0 saturated carbocycles. The Hall–Kier alpha value is -2.16. The summed E-state index contributed by atoms with van der Waals surface area (Å²) in [5.41, 5.74) is 2.50. The van der Waals surface area contributed by atoms with Crippen LogP contribution in [0.25, 0.3) is 0 Å². The van der Waals surface area contributed by atoms with E-state index in [-0.39, 0.29) is 5.78 Å². The third kappa shape index (κ3) is 5.48. The molecule has 1 aromatic heterocycles. The maximum atomic E-state index is 12.7. The first kappa shape index (κ1) is 18.2. The van der Waals surface area contributed by atoms with Crippen LogP contribution in [0, 0.1) is 6.92 Å². The molecule has 0 spiro atoms. The van der Waals surface area contributed by atoms with Gasteiger partial charge in [-0.15, -0.1) is 0 Å². The molecule has 0 aliphatic carbocycles. The number of hydrogen-bond acceptors (Lipinski definition) is 3. The third-order valence-corrected chi connectivity index (χ3v) is 4.19. The Morgan fingerprint density at radius 1 is 1.00 bits per heavy atom. The molecule has 0 unspecified atom stereocenters. The molecular formula is C21H28N2O. The van der Waals surface area contributed by atoms with Gasteiger partial charge in [0, 0.05) is 18.3 Å². The van der Waals surface area contributed by atoms with Crippen molar-refractivity contribution in [1.29, 1.82) is 0 Å².